The number of H-pyrrole nitrogens is 1. The first-order valence-electron chi connectivity index (χ1n) is 4.54. The highest BCUT2D eigenvalue weighted by Crippen LogP contribution is 1.98. The minimum Gasteiger partial charge on any atom is -0.364 e. The van der Waals surface area contributed by atoms with Gasteiger partial charge in [-0.3, -0.25) is 5.41 Å². The average molecular weight is 195 g/mol. The van der Waals surface area contributed by atoms with Crippen LogP contribution < -0.4 is 10.6 Å². The summed E-state index contributed by atoms with van der Waals surface area (Å²) in [6, 6.07) is 3.95. The molecular formula is C9H17N5. The molecule has 14 heavy (non-hydrogen) atoms. The van der Waals surface area contributed by atoms with E-state index >= 15 is 0 Å². The highest BCUT2D eigenvalue weighted by molar-refractivity contribution is 5.76. The Morgan fingerprint density at radius 1 is 1.64 bits per heavy atom. The van der Waals surface area contributed by atoms with Crippen LogP contribution in [0.2, 0.25) is 0 Å². The van der Waals surface area contributed by atoms with E-state index in [4.69, 9.17) is 5.41 Å². The molecule has 0 aliphatic carbocycles. The lowest BCUT2D eigenvalue weighted by molar-refractivity contribution is 0.465. The number of hydrogen-bond acceptors (Lipinski definition) is 2. The zero-order valence-corrected chi connectivity index (χ0v) is 8.59. The Kier molecular flexibility index (Phi) is 4.00. The van der Waals surface area contributed by atoms with Crippen molar-refractivity contribution in [1.29, 1.82) is 5.41 Å². The molecule has 4 N–H and O–H groups in total. The van der Waals surface area contributed by atoms with Crippen LogP contribution in [0, 0.1) is 5.41 Å². The minimum atomic E-state index is 0.411. The fraction of sp³-hybridized carbons (Fsp3) is 0.444. The number of rotatable bonds is 4. The lowest BCUT2D eigenvalue weighted by Gasteiger charge is -2.19. The molecule has 0 amide bonds. The van der Waals surface area contributed by atoms with Gasteiger partial charge in [0, 0.05) is 18.9 Å². The lowest BCUT2D eigenvalue weighted by Crippen LogP contribution is -2.41. The maximum atomic E-state index is 7.66. The molecule has 0 aliphatic heterocycles. The smallest absolute Gasteiger partial charge is 0.192 e. The Morgan fingerprint density at radius 2 is 2.43 bits per heavy atom. The standard InChI is InChI=1S/C9H17N5/c1-11-7-13-9(10)14(2)6-8-4-3-5-12-8/h3-5,11-12H,6-7H2,1-2H3,(H2,10,13). The summed E-state index contributed by atoms with van der Waals surface area (Å²) in [5.41, 5.74) is 1.10. The third kappa shape index (κ3) is 3.10. The molecule has 0 bridgehead atoms. The molecule has 78 valence electrons. The molecule has 1 aromatic rings. The van der Waals surface area contributed by atoms with Gasteiger partial charge in [-0.2, -0.15) is 0 Å². The van der Waals surface area contributed by atoms with Gasteiger partial charge in [-0.05, 0) is 19.2 Å². The molecule has 0 fully saturated rings. The van der Waals surface area contributed by atoms with Crippen LogP contribution in [-0.4, -0.2) is 36.6 Å². The van der Waals surface area contributed by atoms with Crippen LogP contribution in [0.1, 0.15) is 5.69 Å². The van der Waals surface area contributed by atoms with Crippen molar-refractivity contribution in [2.75, 3.05) is 20.8 Å². The molecule has 0 spiro atoms. The Morgan fingerprint density at radius 3 is 3.00 bits per heavy atom. The molecule has 5 nitrogen and oxygen atoms in total. The van der Waals surface area contributed by atoms with Crippen LogP contribution in [-0.2, 0) is 6.54 Å². The number of nitrogens with one attached hydrogen (secondary N) is 4. The van der Waals surface area contributed by atoms with Gasteiger partial charge in [0.15, 0.2) is 5.96 Å². The fourth-order valence-electron chi connectivity index (χ4n) is 1.11. The van der Waals surface area contributed by atoms with Gasteiger partial charge in [0.2, 0.25) is 0 Å². The van der Waals surface area contributed by atoms with Gasteiger partial charge in [0.1, 0.15) is 0 Å². The van der Waals surface area contributed by atoms with Crippen molar-refractivity contribution in [2.24, 2.45) is 0 Å². The molecule has 0 saturated carbocycles. The minimum absolute atomic E-state index is 0.411. The van der Waals surface area contributed by atoms with Crippen molar-refractivity contribution >= 4 is 5.96 Å². The Hall–Kier alpha value is -1.49. The van der Waals surface area contributed by atoms with Gasteiger partial charge >= 0.3 is 0 Å². The van der Waals surface area contributed by atoms with Crippen molar-refractivity contribution < 1.29 is 0 Å². The quantitative estimate of drug-likeness (QED) is 0.314. The Balaban J connectivity index is 2.34. The molecule has 0 saturated heterocycles. The third-order valence-corrected chi connectivity index (χ3v) is 1.88. The van der Waals surface area contributed by atoms with Crippen molar-refractivity contribution in [3.63, 3.8) is 0 Å². The average Bonchev–Trinajstić information content (AvgIpc) is 2.66. The maximum Gasteiger partial charge on any atom is 0.192 e. The van der Waals surface area contributed by atoms with E-state index in [0.717, 1.165) is 5.69 Å². The molecule has 0 unspecified atom stereocenters. The predicted octanol–water partition coefficient (Wildman–Crippen LogP) is 0.148. The summed E-state index contributed by atoms with van der Waals surface area (Å²) in [7, 11) is 3.72. The highest BCUT2D eigenvalue weighted by atomic mass is 15.3. The first-order chi connectivity index (χ1) is 6.74. The molecule has 1 aromatic heterocycles. The summed E-state index contributed by atoms with van der Waals surface area (Å²) in [4.78, 5) is 4.93. The highest BCUT2D eigenvalue weighted by Gasteiger charge is 2.03. The van der Waals surface area contributed by atoms with Gasteiger partial charge in [0.05, 0.1) is 13.2 Å². The number of nitrogens with zero attached hydrogens (tertiary/aromatic N) is 1. The monoisotopic (exact) mass is 195 g/mol. The molecule has 5 heteroatoms. The van der Waals surface area contributed by atoms with Crippen molar-refractivity contribution in [3.05, 3.63) is 24.0 Å². The lowest BCUT2D eigenvalue weighted by atomic mass is 10.4. The summed E-state index contributed by atoms with van der Waals surface area (Å²) in [6.45, 7) is 1.32. The van der Waals surface area contributed by atoms with Crippen LogP contribution in [0.4, 0.5) is 0 Å². The molecular weight excluding hydrogens is 178 g/mol. The van der Waals surface area contributed by atoms with Gasteiger partial charge in [-0.15, -0.1) is 0 Å². The normalized spacial score (nSPS) is 9.86. The SMILES string of the molecule is CNCNC(=N)N(C)Cc1ccc[nH]1. The van der Waals surface area contributed by atoms with Crippen LogP contribution >= 0.6 is 0 Å². The number of guanidine groups is 1. The fourth-order valence-corrected chi connectivity index (χ4v) is 1.11. The number of hydrogen-bond donors (Lipinski definition) is 4. The maximum absolute atomic E-state index is 7.66. The van der Waals surface area contributed by atoms with Crippen LogP contribution in [0.25, 0.3) is 0 Å². The molecule has 1 rings (SSSR count). The number of aromatic nitrogens is 1. The summed E-state index contributed by atoms with van der Waals surface area (Å²) in [5.74, 6) is 0.411. The largest absolute Gasteiger partial charge is 0.364 e. The van der Waals surface area contributed by atoms with Crippen molar-refractivity contribution in [3.8, 4) is 0 Å². The van der Waals surface area contributed by atoms with E-state index < -0.39 is 0 Å². The van der Waals surface area contributed by atoms with Gasteiger partial charge in [-0.1, -0.05) is 0 Å². The molecule has 0 radical (unpaired) electrons. The second-order valence-electron chi connectivity index (χ2n) is 3.11. The van der Waals surface area contributed by atoms with Gasteiger partial charge in [0.25, 0.3) is 0 Å². The van der Waals surface area contributed by atoms with Crippen LogP contribution in [0.15, 0.2) is 18.3 Å². The third-order valence-electron chi connectivity index (χ3n) is 1.88. The van der Waals surface area contributed by atoms with Gasteiger partial charge < -0.3 is 20.5 Å². The van der Waals surface area contributed by atoms with Crippen molar-refractivity contribution in [1.82, 2.24) is 20.5 Å². The predicted molar refractivity (Wildman–Crippen MR) is 57.0 cm³/mol. The molecule has 1 heterocycles. The summed E-state index contributed by atoms with van der Waals surface area (Å²) < 4.78 is 0. The second-order valence-corrected chi connectivity index (χ2v) is 3.11. The summed E-state index contributed by atoms with van der Waals surface area (Å²) >= 11 is 0. The Bertz CT molecular complexity index is 267. The van der Waals surface area contributed by atoms with E-state index in [1.54, 1.807) is 0 Å². The summed E-state index contributed by atoms with van der Waals surface area (Å²) in [5, 5.41) is 13.5. The van der Waals surface area contributed by atoms with E-state index in [-0.39, 0.29) is 0 Å². The first-order valence-corrected chi connectivity index (χ1v) is 4.54. The topological polar surface area (TPSA) is 66.9 Å². The Labute approximate surface area is 84.0 Å². The first kappa shape index (κ1) is 10.6. The van der Waals surface area contributed by atoms with E-state index in [0.29, 0.717) is 19.2 Å². The van der Waals surface area contributed by atoms with E-state index in [1.165, 1.54) is 0 Å². The zero-order valence-electron chi connectivity index (χ0n) is 8.59. The summed E-state index contributed by atoms with van der Waals surface area (Å²) in [6.07, 6.45) is 1.88. The second kappa shape index (κ2) is 5.29. The van der Waals surface area contributed by atoms with E-state index in [1.807, 2.05) is 37.3 Å². The molecule has 0 aliphatic rings. The van der Waals surface area contributed by atoms with Crippen molar-refractivity contribution in [2.45, 2.75) is 6.54 Å². The molecule has 0 atom stereocenters. The van der Waals surface area contributed by atoms with Crippen LogP contribution in [0.3, 0.4) is 0 Å². The van der Waals surface area contributed by atoms with E-state index in [9.17, 15) is 0 Å². The van der Waals surface area contributed by atoms with E-state index in [2.05, 4.69) is 15.6 Å². The van der Waals surface area contributed by atoms with Gasteiger partial charge in [-0.25, -0.2) is 0 Å². The van der Waals surface area contributed by atoms with Crippen LogP contribution in [0.5, 0.6) is 0 Å². The zero-order chi connectivity index (χ0) is 10.4. The number of aromatic amines is 1. The molecule has 0 aromatic carbocycles.